The van der Waals surface area contributed by atoms with Gasteiger partial charge in [0, 0.05) is 0 Å². The summed E-state index contributed by atoms with van der Waals surface area (Å²) in [6.45, 7) is 8.40. The van der Waals surface area contributed by atoms with Crippen molar-refractivity contribution >= 4 is 5.97 Å². The number of rotatable bonds is 2. The average Bonchev–Trinajstić information content (AvgIpc) is 2.95. The van der Waals surface area contributed by atoms with E-state index in [1.54, 1.807) is 0 Å². The highest BCUT2D eigenvalue weighted by atomic mass is 16.5. The number of carbonyl (C=O) groups excluding carboxylic acids is 1. The molecule has 92 valence electrons. The van der Waals surface area contributed by atoms with Crippen LogP contribution in [0.15, 0.2) is 12.1 Å². The van der Waals surface area contributed by atoms with E-state index in [-0.39, 0.29) is 11.4 Å². The molecule has 1 fully saturated rings. The van der Waals surface area contributed by atoms with Gasteiger partial charge in [-0.1, -0.05) is 19.1 Å². The number of esters is 1. The fraction of sp³-hybridized carbons (Fsp3) is 0.533. The highest BCUT2D eigenvalue weighted by Crippen LogP contribution is 2.55. The number of methoxy groups -OCH3 is 1. The monoisotopic (exact) mass is 232 g/mol. The summed E-state index contributed by atoms with van der Waals surface area (Å²) >= 11 is 0. The lowest BCUT2D eigenvalue weighted by Gasteiger charge is -2.19. The molecule has 0 saturated heterocycles. The molecule has 0 aliphatic heterocycles. The Labute approximate surface area is 103 Å². The minimum atomic E-state index is -0.378. The van der Waals surface area contributed by atoms with Crippen LogP contribution in [0, 0.1) is 26.7 Å². The summed E-state index contributed by atoms with van der Waals surface area (Å²) in [6, 6.07) is 4.32. The van der Waals surface area contributed by atoms with Crippen molar-refractivity contribution in [2.45, 2.75) is 39.5 Å². The molecular formula is C15H20O2. The van der Waals surface area contributed by atoms with Gasteiger partial charge in [0.2, 0.25) is 0 Å². The van der Waals surface area contributed by atoms with Crippen molar-refractivity contribution < 1.29 is 9.53 Å². The van der Waals surface area contributed by atoms with Crippen LogP contribution >= 0.6 is 0 Å². The van der Waals surface area contributed by atoms with E-state index in [2.05, 4.69) is 39.8 Å². The maximum absolute atomic E-state index is 12.0. The molecule has 1 saturated carbocycles. The molecule has 1 aliphatic carbocycles. The predicted octanol–water partition coefficient (Wildman–Crippen LogP) is 3.06. The molecule has 0 bridgehead atoms. The number of benzene rings is 1. The van der Waals surface area contributed by atoms with Crippen LogP contribution in [0.1, 0.15) is 35.6 Å². The van der Waals surface area contributed by atoms with Gasteiger partial charge in [-0.15, -0.1) is 0 Å². The van der Waals surface area contributed by atoms with E-state index in [1.165, 1.54) is 23.8 Å². The van der Waals surface area contributed by atoms with Crippen LogP contribution in [-0.2, 0) is 14.9 Å². The van der Waals surface area contributed by atoms with E-state index in [4.69, 9.17) is 4.74 Å². The average molecular weight is 232 g/mol. The van der Waals surface area contributed by atoms with Crippen molar-refractivity contribution in [2.75, 3.05) is 7.11 Å². The SMILES string of the molecule is COC(=O)C1(c2cc(C)c(C)cc2C)CC1C. The Morgan fingerprint density at radius 2 is 1.76 bits per heavy atom. The van der Waals surface area contributed by atoms with Gasteiger partial charge in [-0.25, -0.2) is 0 Å². The molecule has 2 rings (SSSR count). The third kappa shape index (κ3) is 1.67. The summed E-state index contributed by atoms with van der Waals surface area (Å²) < 4.78 is 4.99. The maximum atomic E-state index is 12.0. The van der Waals surface area contributed by atoms with E-state index >= 15 is 0 Å². The standard InChI is InChI=1S/C15H20O2/c1-9-6-11(3)13(7-10(9)2)15(8-12(15)4)14(16)17-5/h6-7,12H,8H2,1-5H3. The Morgan fingerprint density at radius 3 is 2.24 bits per heavy atom. The first-order valence-corrected chi connectivity index (χ1v) is 6.10. The summed E-state index contributed by atoms with van der Waals surface area (Å²) in [7, 11) is 1.48. The van der Waals surface area contributed by atoms with Gasteiger partial charge in [0.1, 0.15) is 0 Å². The number of aryl methyl sites for hydroxylation is 3. The second-order valence-corrected chi connectivity index (χ2v) is 5.32. The van der Waals surface area contributed by atoms with Crippen molar-refractivity contribution in [1.82, 2.24) is 0 Å². The molecule has 0 spiro atoms. The van der Waals surface area contributed by atoms with E-state index in [1.807, 2.05) is 0 Å². The largest absolute Gasteiger partial charge is 0.468 e. The second kappa shape index (κ2) is 3.86. The molecule has 17 heavy (non-hydrogen) atoms. The molecule has 2 nitrogen and oxygen atoms in total. The van der Waals surface area contributed by atoms with Crippen LogP contribution in [0.3, 0.4) is 0 Å². The third-order valence-electron chi connectivity index (χ3n) is 4.18. The topological polar surface area (TPSA) is 26.3 Å². The van der Waals surface area contributed by atoms with Crippen LogP contribution in [-0.4, -0.2) is 13.1 Å². The molecule has 0 N–H and O–H groups in total. The lowest BCUT2D eigenvalue weighted by atomic mass is 9.87. The fourth-order valence-electron chi connectivity index (χ4n) is 2.82. The normalized spacial score (nSPS) is 26.8. The van der Waals surface area contributed by atoms with Crippen molar-refractivity contribution in [1.29, 1.82) is 0 Å². The minimum absolute atomic E-state index is 0.0867. The van der Waals surface area contributed by atoms with Crippen molar-refractivity contribution in [2.24, 2.45) is 5.92 Å². The zero-order chi connectivity index (χ0) is 12.8. The molecule has 1 aliphatic rings. The summed E-state index contributed by atoms with van der Waals surface area (Å²) in [5.74, 6) is 0.298. The Balaban J connectivity index is 2.53. The van der Waals surface area contributed by atoms with Crippen LogP contribution in [0.5, 0.6) is 0 Å². The summed E-state index contributed by atoms with van der Waals surface area (Å²) in [6.07, 6.45) is 0.906. The first-order valence-electron chi connectivity index (χ1n) is 6.10. The van der Waals surface area contributed by atoms with Gasteiger partial charge >= 0.3 is 5.97 Å². The van der Waals surface area contributed by atoms with E-state index in [0.717, 1.165) is 12.0 Å². The smallest absolute Gasteiger partial charge is 0.316 e. The maximum Gasteiger partial charge on any atom is 0.316 e. The first-order chi connectivity index (χ1) is 7.93. The summed E-state index contributed by atoms with van der Waals surface area (Å²) in [5, 5.41) is 0. The van der Waals surface area contributed by atoms with Crippen molar-refractivity contribution in [3.8, 4) is 0 Å². The molecule has 0 heterocycles. The molecule has 0 radical (unpaired) electrons. The molecule has 2 unspecified atom stereocenters. The van der Waals surface area contributed by atoms with Gasteiger partial charge in [0.05, 0.1) is 12.5 Å². The number of hydrogen-bond donors (Lipinski definition) is 0. The van der Waals surface area contributed by atoms with Gasteiger partial charge in [-0.2, -0.15) is 0 Å². The van der Waals surface area contributed by atoms with E-state index in [0.29, 0.717) is 5.92 Å². The zero-order valence-electron chi connectivity index (χ0n) is 11.3. The van der Waals surface area contributed by atoms with Gasteiger partial charge in [0.15, 0.2) is 0 Å². The molecule has 2 atom stereocenters. The van der Waals surface area contributed by atoms with Crippen LogP contribution < -0.4 is 0 Å². The minimum Gasteiger partial charge on any atom is -0.468 e. The predicted molar refractivity (Wildman–Crippen MR) is 68.1 cm³/mol. The molecule has 1 aromatic rings. The van der Waals surface area contributed by atoms with E-state index in [9.17, 15) is 4.79 Å². The third-order valence-corrected chi connectivity index (χ3v) is 4.18. The van der Waals surface area contributed by atoms with Gasteiger partial charge in [0.25, 0.3) is 0 Å². The van der Waals surface area contributed by atoms with Crippen LogP contribution in [0.25, 0.3) is 0 Å². The number of carbonyl (C=O) groups is 1. The molecular weight excluding hydrogens is 212 g/mol. The fourth-order valence-corrected chi connectivity index (χ4v) is 2.82. The molecule has 0 aromatic heterocycles. The van der Waals surface area contributed by atoms with Gasteiger partial charge in [-0.05, 0) is 55.4 Å². The highest BCUT2D eigenvalue weighted by Gasteiger charge is 2.60. The van der Waals surface area contributed by atoms with E-state index < -0.39 is 0 Å². The second-order valence-electron chi connectivity index (χ2n) is 5.32. The van der Waals surface area contributed by atoms with Crippen molar-refractivity contribution in [3.63, 3.8) is 0 Å². The molecule has 1 aromatic carbocycles. The number of ether oxygens (including phenoxy) is 1. The Hall–Kier alpha value is -1.31. The van der Waals surface area contributed by atoms with Gasteiger partial charge < -0.3 is 4.74 Å². The first kappa shape index (κ1) is 12.2. The van der Waals surface area contributed by atoms with Gasteiger partial charge in [-0.3, -0.25) is 4.79 Å². The summed E-state index contributed by atoms with van der Waals surface area (Å²) in [5.41, 5.74) is 4.49. The summed E-state index contributed by atoms with van der Waals surface area (Å²) in [4.78, 5) is 12.0. The van der Waals surface area contributed by atoms with Crippen LogP contribution in [0.4, 0.5) is 0 Å². The molecule has 2 heteroatoms. The quantitative estimate of drug-likeness (QED) is 0.732. The lowest BCUT2D eigenvalue weighted by molar-refractivity contribution is -0.144. The van der Waals surface area contributed by atoms with Crippen LogP contribution in [0.2, 0.25) is 0 Å². The lowest BCUT2D eigenvalue weighted by Crippen LogP contribution is -2.25. The molecule has 0 amide bonds. The van der Waals surface area contributed by atoms with Crippen molar-refractivity contribution in [3.05, 3.63) is 34.4 Å². The Kier molecular flexibility index (Phi) is 2.76. The Morgan fingerprint density at radius 1 is 1.24 bits per heavy atom. The number of hydrogen-bond acceptors (Lipinski definition) is 2. The Bertz CT molecular complexity index is 476. The zero-order valence-corrected chi connectivity index (χ0v) is 11.3. The highest BCUT2D eigenvalue weighted by molar-refractivity contribution is 5.88.